The molecule has 4 rings (SSSR count). The van der Waals surface area contributed by atoms with E-state index in [4.69, 9.17) is 13.6 Å². The molecule has 1 atom stereocenters. The second kappa shape index (κ2) is 8.30. The molecule has 7 nitrogen and oxygen atoms in total. The molecule has 0 radical (unpaired) electrons. The predicted octanol–water partition coefficient (Wildman–Crippen LogP) is 3.42. The van der Waals surface area contributed by atoms with Gasteiger partial charge in [-0.05, 0) is 38.1 Å². The molecule has 0 bridgehead atoms. The third kappa shape index (κ3) is 4.04. The third-order valence-corrected chi connectivity index (χ3v) is 5.76. The zero-order chi connectivity index (χ0) is 19.5. The van der Waals surface area contributed by atoms with Crippen molar-refractivity contribution in [2.75, 3.05) is 32.8 Å². The van der Waals surface area contributed by atoms with Crippen LogP contribution in [-0.4, -0.2) is 48.6 Å². The fourth-order valence-corrected chi connectivity index (χ4v) is 4.20. The lowest BCUT2D eigenvalue weighted by molar-refractivity contribution is 0.0117. The standard InChI is InChI=1S/C20H23N3O4S/c1-13-5-6-16(27-13)15(23-7-10-25-11-8-23)12-21-19(24)18-14(2)28-20(22-18)17-4-3-9-26-17/h3-6,9,15H,7-8,10-12H2,1-2H3,(H,21,24)/t15-/m1/s1. The molecule has 3 aromatic heterocycles. The number of ether oxygens (including phenoxy) is 1. The van der Waals surface area contributed by atoms with E-state index in [0.717, 1.165) is 29.5 Å². The topological polar surface area (TPSA) is 80.7 Å². The minimum Gasteiger partial charge on any atom is -0.465 e. The summed E-state index contributed by atoms with van der Waals surface area (Å²) in [5, 5.41) is 3.74. The van der Waals surface area contributed by atoms with Crippen molar-refractivity contribution in [3.05, 3.63) is 52.6 Å². The van der Waals surface area contributed by atoms with Crippen molar-refractivity contribution in [1.82, 2.24) is 15.2 Å². The Morgan fingerprint density at radius 2 is 2.11 bits per heavy atom. The molecular formula is C20H23N3O4S. The highest BCUT2D eigenvalue weighted by Crippen LogP contribution is 2.28. The molecule has 0 aliphatic carbocycles. The fraction of sp³-hybridized carbons (Fsp3) is 0.400. The minimum absolute atomic E-state index is 0.0370. The van der Waals surface area contributed by atoms with Crippen molar-refractivity contribution in [2.24, 2.45) is 0 Å². The van der Waals surface area contributed by atoms with E-state index in [1.54, 1.807) is 6.26 Å². The van der Waals surface area contributed by atoms with E-state index in [-0.39, 0.29) is 11.9 Å². The number of nitrogens with zero attached hydrogens (tertiary/aromatic N) is 2. The van der Waals surface area contributed by atoms with Crippen molar-refractivity contribution < 1.29 is 18.4 Å². The third-order valence-electron chi connectivity index (χ3n) is 4.78. The van der Waals surface area contributed by atoms with E-state index in [0.29, 0.717) is 36.2 Å². The van der Waals surface area contributed by atoms with Gasteiger partial charge in [-0.2, -0.15) is 0 Å². The van der Waals surface area contributed by atoms with Crippen molar-refractivity contribution >= 4 is 17.2 Å². The molecule has 1 fully saturated rings. The number of morpholine rings is 1. The Hall–Kier alpha value is -2.42. The molecule has 0 saturated carbocycles. The summed E-state index contributed by atoms with van der Waals surface area (Å²) in [7, 11) is 0. The van der Waals surface area contributed by atoms with Crippen LogP contribution in [0.25, 0.3) is 10.8 Å². The summed E-state index contributed by atoms with van der Waals surface area (Å²) in [4.78, 5) is 20.4. The van der Waals surface area contributed by atoms with Gasteiger partial charge >= 0.3 is 0 Å². The van der Waals surface area contributed by atoms with Gasteiger partial charge in [-0.25, -0.2) is 4.98 Å². The highest BCUT2D eigenvalue weighted by atomic mass is 32.1. The van der Waals surface area contributed by atoms with Gasteiger partial charge in [0.25, 0.3) is 5.91 Å². The summed E-state index contributed by atoms with van der Waals surface area (Å²) in [6.45, 7) is 7.24. The molecule has 3 aromatic rings. The number of rotatable bonds is 6. The zero-order valence-electron chi connectivity index (χ0n) is 15.9. The van der Waals surface area contributed by atoms with Gasteiger partial charge in [0.1, 0.15) is 17.2 Å². The van der Waals surface area contributed by atoms with Crippen LogP contribution in [0.15, 0.2) is 39.4 Å². The number of hydrogen-bond acceptors (Lipinski definition) is 7. The van der Waals surface area contributed by atoms with E-state index in [2.05, 4.69) is 15.2 Å². The Labute approximate surface area is 167 Å². The van der Waals surface area contributed by atoms with Gasteiger partial charge in [-0.15, -0.1) is 11.3 Å². The van der Waals surface area contributed by atoms with Gasteiger partial charge < -0.3 is 18.9 Å². The van der Waals surface area contributed by atoms with Gasteiger partial charge in [0.15, 0.2) is 10.8 Å². The highest BCUT2D eigenvalue weighted by Gasteiger charge is 2.26. The first-order valence-corrected chi connectivity index (χ1v) is 10.1. The number of aromatic nitrogens is 1. The van der Waals surface area contributed by atoms with Crippen molar-refractivity contribution in [1.29, 1.82) is 0 Å². The minimum atomic E-state index is -0.187. The quantitative estimate of drug-likeness (QED) is 0.682. The lowest BCUT2D eigenvalue weighted by atomic mass is 10.1. The van der Waals surface area contributed by atoms with E-state index in [1.165, 1.54) is 11.3 Å². The number of nitrogens with one attached hydrogen (secondary N) is 1. The number of furan rings is 2. The maximum atomic E-state index is 12.8. The first-order valence-electron chi connectivity index (χ1n) is 9.29. The Kier molecular flexibility index (Phi) is 5.61. The Bertz CT molecular complexity index is 925. The molecular weight excluding hydrogens is 378 g/mol. The van der Waals surface area contributed by atoms with Crippen LogP contribution >= 0.6 is 11.3 Å². The number of carbonyl (C=O) groups excluding carboxylic acids is 1. The molecule has 1 amide bonds. The average Bonchev–Trinajstić information content (AvgIpc) is 3.44. The molecule has 4 heterocycles. The zero-order valence-corrected chi connectivity index (χ0v) is 16.8. The number of amides is 1. The van der Waals surface area contributed by atoms with Gasteiger partial charge in [0, 0.05) is 24.5 Å². The lowest BCUT2D eigenvalue weighted by Gasteiger charge is -2.33. The Morgan fingerprint density at radius 1 is 1.29 bits per heavy atom. The molecule has 0 spiro atoms. The Balaban J connectivity index is 1.48. The van der Waals surface area contributed by atoms with Crippen LogP contribution in [0.2, 0.25) is 0 Å². The van der Waals surface area contributed by atoms with Crippen molar-refractivity contribution in [3.63, 3.8) is 0 Å². The molecule has 0 aromatic carbocycles. The van der Waals surface area contributed by atoms with Crippen LogP contribution < -0.4 is 5.32 Å². The summed E-state index contributed by atoms with van der Waals surface area (Å²) in [5.74, 6) is 2.20. The van der Waals surface area contributed by atoms with Gasteiger partial charge in [0.05, 0.1) is 25.5 Å². The van der Waals surface area contributed by atoms with Crippen molar-refractivity contribution in [2.45, 2.75) is 19.9 Å². The normalized spacial score (nSPS) is 16.2. The van der Waals surface area contributed by atoms with Gasteiger partial charge in [0.2, 0.25) is 0 Å². The molecule has 0 unspecified atom stereocenters. The molecule has 8 heteroatoms. The monoisotopic (exact) mass is 401 g/mol. The van der Waals surface area contributed by atoms with Crippen molar-refractivity contribution in [3.8, 4) is 10.8 Å². The molecule has 28 heavy (non-hydrogen) atoms. The molecule has 1 N–H and O–H groups in total. The molecule has 1 aliphatic heterocycles. The number of hydrogen-bond donors (Lipinski definition) is 1. The smallest absolute Gasteiger partial charge is 0.271 e. The second-order valence-corrected chi connectivity index (χ2v) is 7.93. The van der Waals surface area contributed by atoms with E-state index < -0.39 is 0 Å². The SMILES string of the molecule is Cc1ccc([C@@H](CNC(=O)c2nc(-c3ccco3)sc2C)N2CCOCC2)o1. The van der Waals surface area contributed by atoms with Crippen LogP contribution in [-0.2, 0) is 4.74 Å². The molecule has 148 valence electrons. The largest absolute Gasteiger partial charge is 0.465 e. The van der Waals surface area contributed by atoms with Crippen LogP contribution in [0.1, 0.15) is 32.9 Å². The lowest BCUT2D eigenvalue weighted by Crippen LogP contribution is -2.43. The van der Waals surface area contributed by atoms with Crippen LogP contribution in [0, 0.1) is 13.8 Å². The summed E-state index contributed by atoms with van der Waals surface area (Å²) in [6, 6.07) is 7.54. The summed E-state index contributed by atoms with van der Waals surface area (Å²) >= 11 is 1.45. The van der Waals surface area contributed by atoms with Crippen LogP contribution in [0.5, 0.6) is 0 Å². The maximum Gasteiger partial charge on any atom is 0.271 e. The van der Waals surface area contributed by atoms with E-state index in [1.807, 2.05) is 38.1 Å². The summed E-state index contributed by atoms with van der Waals surface area (Å²) < 4.78 is 16.7. The number of carbonyl (C=O) groups is 1. The highest BCUT2D eigenvalue weighted by molar-refractivity contribution is 7.15. The van der Waals surface area contributed by atoms with E-state index in [9.17, 15) is 4.79 Å². The molecule has 1 aliphatic rings. The maximum absolute atomic E-state index is 12.8. The molecule has 1 saturated heterocycles. The van der Waals surface area contributed by atoms with E-state index >= 15 is 0 Å². The first kappa shape index (κ1) is 18.9. The fourth-order valence-electron chi connectivity index (χ4n) is 3.32. The van der Waals surface area contributed by atoms with Gasteiger partial charge in [-0.1, -0.05) is 0 Å². The summed E-state index contributed by atoms with van der Waals surface area (Å²) in [6.07, 6.45) is 1.60. The van der Waals surface area contributed by atoms with Crippen LogP contribution in [0.3, 0.4) is 0 Å². The number of aryl methyl sites for hydroxylation is 2. The Morgan fingerprint density at radius 3 is 2.79 bits per heavy atom. The second-order valence-electron chi connectivity index (χ2n) is 6.72. The first-order chi connectivity index (χ1) is 13.6. The predicted molar refractivity (Wildman–Crippen MR) is 105 cm³/mol. The number of thiazole rings is 1. The summed E-state index contributed by atoms with van der Waals surface area (Å²) in [5.41, 5.74) is 0.438. The average molecular weight is 401 g/mol. The van der Waals surface area contributed by atoms with Gasteiger partial charge in [-0.3, -0.25) is 9.69 Å². The van der Waals surface area contributed by atoms with Crippen LogP contribution in [0.4, 0.5) is 0 Å².